The molecule has 0 aliphatic carbocycles. The largest absolute Gasteiger partial charge is 0.380 e. The first-order valence-electron chi connectivity index (χ1n) is 7.67. The van der Waals surface area contributed by atoms with Crippen molar-refractivity contribution in [2.24, 2.45) is 5.92 Å². The van der Waals surface area contributed by atoms with Crippen LogP contribution in [-0.2, 0) is 4.74 Å². The molecule has 1 unspecified atom stereocenters. The third-order valence-electron chi connectivity index (χ3n) is 3.55. The van der Waals surface area contributed by atoms with Crippen LogP contribution in [-0.4, -0.2) is 24.7 Å². The molecule has 0 amide bonds. The Morgan fingerprint density at radius 3 is 2.45 bits per heavy atom. The van der Waals surface area contributed by atoms with Crippen LogP contribution >= 0.6 is 0 Å². The van der Waals surface area contributed by atoms with Crippen molar-refractivity contribution < 1.29 is 4.74 Å². The van der Waals surface area contributed by atoms with Crippen LogP contribution in [0.4, 0.5) is 0 Å². The van der Waals surface area contributed by atoms with Crippen molar-refractivity contribution in [2.75, 3.05) is 19.8 Å². The molecule has 1 aromatic rings. The molecule has 1 aromatic heterocycles. The second kappa shape index (κ2) is 8.38. The van der Waals surface area contributed by atoms with Crippen molar-refractivity contribution in [3.05, 3.63) is 28.6 Å². The van der Waals surface area contributed by atoms with Gasteiger partial charge in [0.2, 0.25) is 0 Å². The molecule has 1 atom stereocenters. The Bertz CT molecular complexity index is 392. The Kier molecular flexibility index (Phi) is 7.17. The maximum atomic E-state index is 5.63. The van der Waals surface area contributed by atoms with Crippen molar-refractivity contribution in [1.29, 1.82) is 0 Å². The van der Waals surface area contributed by atoms with Gasteiger partial charge in [0, 0.05) is 30.6 Å². The van der Waals surface area contributed by atoms with Crippen LogP contribution in [0, 0.1) is 26.7 Å². The SMILES string of the molecule is Cc1cc(C)c(C(C)NCCOCCC(C)C)c(C)n1. The van der Waals surface area contributed by atoms with E-state index in [0.29, 0.717) is 12.0 Å². The van der Waals surface area contributed by atoms with Crippen LogP contribution in [0.15, 0.2) is 6.07 Å². The van der Waals surface area contributed by atoms with Crippen LogP contribution in [0.2, 0.25) is 0 Å². The van der Waals surface area contributed by atoms with Gasteiger partial charge in [0.15, 0.2) is 0 Å². The molecule has 1 rings (SSSR count). The molecule has 3 nitrogen and oxygen atoms in total. The number of rotatable bonds is 8. The fourth-order valence-corrected chi connectivity index (χ4v) is 2.56. The Balaban J connectivity index is 2.38. The van der Waals surface area contributed by atoms with Gasteiger partial charge in [0.1, 0.15) is 0 Å². The van der Waals surface area contributed by atoms with Gasteiger partial charge in [0.05, 0.1) is 6.61 Å². The zero-order valence-electron chi connectivity index (χ0n) is 13.9. The lowest BCUT2D eigenvalue weighted by molar-refractivity contribution is 0.123. The maximum absolute atomic E-state index is 5.63. The molecule has 1 heterocycles. The van der Waals surface area contributed by atoms with Gasteiger partial charge in [0.25, 0.3) is 0 Å². The van der Waals surface area contributed by atoms with E-state index in [4.69, 9.17) is 4.74 Å². The second-order valence-electron chi connectivity index (χ2n) is 6.05. The number of hydrogen-bond donors (Lipinski definition) is 1. The zero-order valence-corrected chi connectivity index (χ0v) is 13.9. The Morgan fingerprint density at radius 1 is 1.15 bits per heavy atom. The van der Waals surface area contributed by atoms with E-state index in [0.717, 1.165) is 37.6 Å². The highest BCUT2D eigenvalue weighted by Gasteiger charge is 2.12. The summed E-state index contributed by atoms with van der Waals surface area (Å²) in [4.78, 5) is 4.56. The standard InChI is InChI=1S/C17H30N2O/c1-12(2)7-9-20-10-8-18-15(5)17-13(3)11-14(4)19-16(17)6/h11-12,15,18H,7-10H2,1-6H3. The summed E-state index contributed by atoms with van der Waals surface area (Å²) in [6, 6.07) is 2.47. The van der Waals surface area contributed by atoms with Gasteiger partial charge in [-0.1, -0.05) is 13.8 Å². The third kappa shape index (κ3) is 5.59. The van der Waals surface area contributed by atoms with Gasteiger partial charge >= 0.3 is 0 Å². The molecule has 1 N–H and O–H groups in total. The van der Waals surface area contributed by atoms with Gasteiger partial charge in [-0.15, -0.1) is 0 Å². The molecule has 0 saturated carbocycles. The van der Waals surface area contributed by atoms with E-state index >= 15 is 0 Å². The second-order valence-corrected chi connectivity index (χ2v) is 6.05. The van der Waals surface area contributed by atoms with E-state index in [1.54, 1.807) is 0 Å². The summed E-state index contributed by atoms with van der Waals surface area (Å²) in [5.74, 6) is 0.714. The van der Waals surface area contributed by atoms with E-state index in [1.807, 2.05) is 6.92 Å². The molecular weight excluding hydrogens is 248 g/mol. The van der Waals surface area contributed by atoms with Crippen molar-refractivity contribution in [3.63, 3.8) is 0 Å². The lowest BCUT2D eigenvalue weighted by atomic mass is 10.0. The summed E-state index contributed by atoms with van der Waals surface area (Å²) in [5, 5.41) is 3.52. The minimum Gasteiger partial charge on any atom is -0.380 e. The number of ether oxygens (including phenoxy) is 1. The van der Waals surface area contributed by atoms with Gasteiger partial charge in [-0.3, -0.25) is 4.98 Å². The quantitative estimate of drug-likeness (QED) is 0.736. The first-order valence-corrected chi connectivity index (χ1v) is 7.67. The molecule has 0 spiro atoms. The summed E-state index contributed by atoms with van der Waals surface area (Å²) in [6.45, 7) is 15.4. The number of pyridine rings is 1. The van der Waals surface area contributed by atoms with Crippen LogP contribution in [0.25, 0.3) is 0 Å². The van der Waals surface area contributed by atoms with Gasteiger partial charge in [-0.25, -0.2) is 0 Å². The molecule has 3 heteroatoms. The summed E-state index contributed by atoms with van der Waals surface area (Å²) in [7, 11) is 0. The predicted molar refractivity (Wildman–Crippen MR) is 85.1 cm³/mol. The number of hydrogen-bond acceptors (Lipinski definition) is 3. The first kappa shape index (κ1) is 17.1. The highest BCUT2D eigenvalue weighted by molar-refractivity contribution is 5.33. The van der Waals surface area contributed by atoms with E-state index < -0.39 is 0 Å². The van der Waals surface area contributed by atoms with Crippen LogP contribution in [0.5, 0.6) is 0 Å². The molecule has 0 aromatic carbocycles. The average molecular weight is 278 g/mol. The first-order chi connectivity index (χ1) is 9.41. The fourth-order valence-electron chi connectivity index (χ4n) is 2.56. The number of aromatic nitrogens is 1. The Morgan fingerprint density at radius 2 is 1.85 bits per heavy atom. The van der Waals surface area contributed by atoms with E-state index in [-0.39, 0.29) is 0 Å². The molecule has 0 radical (unpaired) electrons. The topological polar surface area (TPSA) is 34.1 Å². The number of nitrogens with one attached hydrogen (secondary N) is 1. The summed E-state index contributed by atoms with van der Waals surface area (Å²) >= 11 is 0. The van der Waals surface area contributed by atoms with Crippen molar-refractivity contribution in [1.82, 2.24) is 10.3 Å². The summed E-state index contributed by atoms with van der Waals surface area (Å²) in [5.41, 5.74) is 4.85. The third-order valence-corrected chi connectivity index (χ3v) is 3.55. The molecule has 0 fully saturated rings. The number of aryl methyl sites for hydroxylation is 3. The van der Waals surface area contributed by atoms with E-state index in [9.17, 15) is 0 Å². The molecular formula is C17H30N2O. The van der Waals surface area contributed by atoms with Gasteiger partial charge < -0.3 is 10.1 Å². The van der Waals surface area contributed by atoms with Crippen LogP contribution in [0.3, 0.4) is 0 Å². The molecule has 0 aliphatic rings. The van der Waals surface area contributed by atoms with Crippen molar-refractivity contribution in [3.8, 4) is 0 Å². The Labute approximate surface area is 124 Å². The lowest BCUT2D eigenvalue weighted by Crippen LogP contribution is -2.25. The summed E-state index contributed by atoms with van der Waals surface area (Å²) < 4.78 is 5.63. The van der Waals surface area contributed by atoms with Crippen LogP contribution < -0.4 is 5.32 Å². The van der Waals surface area contributed by atoms with E-state index in [1.165, 1.54) is 11.1 Å². The highest BCUT2D eigenvalue weighted by atomic mass is 16.5. The molecule has 114 valence electrons. The minimum absolute atomic E-state index is 0.316. The van der Waals surface area contributed by atoms with E-state index in [2.05, 4.69) is 51.0 Å². The predicted octanol–water partition coefficient (Wildman–Crippen LogP) is 3.72. The monoisotopic (exact) mass is 278 g/mol. The summed E-state index contributed by atoms with van der Waals surface area (Å²) in [6.07, 6.45) is 1.13. The Hall–Kier alpha value is -0.930. The highest BCUT2D eigenvalue weighted by Crippen LogP contribution is 2.20. The normalized spacial score (nSPS) is 12.9. The molecule has 20 heavy (non-hydrogen) atoms. The molecule has 0 bridgehead atoms. The lowest BCUT2D eigenvalue weighted by Gasteiger charge is -2.19. The average Bonchev–Trinajstić information content (AvgIpc) is 2.31. The molecule has 0 aliphatic heterocycles. The van der Waals surface area contributed by atoms with Crippen molar-refractivity contribution in [2.45, 2.75) is 54.0 Å². The molecule has 0 saturated heterocycles. The smallest absolute Gasteiger partial charge is 0.0591 e. The maximum Gasteiger partial charge on any atom is 0.0591 e. The van der Waals surface area contributed by atoms with Gasteiger partial charge in [-0.05, 0) is 57.2 Å². The zero-order chi connectivity index (χ0) is 15.1. The minimum atomic E-state index is 0.316. The van der Waals surface area contributed by atoms with Crippen molar-refractivity contribution >= 4 is 0 Å². The van der Waals surface area contributed by atoms with Gasteiger partial charge in [-0.2, -0.15) is 0 Å². The van der Waals surface area contributed by atoms with Crippen LogP contribution in [0.1, 0.15) is 55.7 Å². The fraction of sp³-hybridized carbons (Fsp3) is 0.706. The number of nitrogens with zero attached hydrogens (tertiary/aromatic N) is 1.